The standard InChI is InChI=1S/C21H29N3O3/c1-6-7-19(23(5)20(26)27-21(2,3)4)17-10-8-16(9-11-17)18-14-22-24(15-18)12-13-25/h8-11,13-15,19H,6-7,12H2,1-5H3. The summed E-state index contributed by atoms with van der Waals surface area (Å²) in [6.45, 7) is 7.95. The minimum absolute atomic E-state index is 0.0447. The van der Waals surface area contributed by atoms with Crippen LogP contribution in [0.25, 0.3) is 11.1 Å². The van der Waals surface area contributed by atoms with Gasteiger partial charge >= 0.3 is 6.09 Å². The summed E-state index contributed by atoms with van der Waals surface area (Å²) in [7, 11) is 1.78. The Labute approximate surface area is 161 Å². The Bertz CT molecular complexity index is 760. The van der Waals surface area contributed by atoms with Crippen molar-refractivity contribution in [1.82, 2.24) is 14.7 Å². The Hall–Kier alpha value is -2.63. The highest BCUT2D eigenvalue weighted by atomic mass is 16.6. The van der Waals surface area contributed by atoms with Crippen molar-refractivity contribution in [2.24, 2.45) is 0 Å². The average molecular weight is 371 g/mol. The van der Waals surface area contributed by atoms with Crippen LogP contribution in [0.5, 0.6) is 0 Å². The number of nitrogens with zero attached hydrogens (tertiary/aromatic N) is 3. The van der Waals surface area contributed by atoms with E-state index in [1.165, 1.54) is 0 Å². The van der Waals surface area contributed by atoms with Gasteiger partial charge in [0.15, 0.2) is 0 Å². The second-order valence-electron chi connectivity index (χ2n) is 7.64. The van der Waals surface area contributed by atoms with Gasteiger partial charge in [-0.3, -0.25) is 4.68 Å². The summed E-state index contributed by atoms with van der Waals surface area (Å²) in [5.74, 6) is 0. The van der Waals surface area contributed by atoms with Gasteiger partial charge in [0.2, 0.25) is 0 Å². The van der Waals surface area contributed by atoms with Crippen LogP contribution in [0.2, 0.25) is 0 Å². The van der Waals surface area contributed by atoms with Crippen molar-refractivity contribution in [2.75, 3.05) is 7.05 Å². The molecule has 0 aliphatic heterocycles. The van der Waals surface area contributed by atoms with Crippen LogP contribution in [-0.2, 0) is 16.1 Å². The van der Waals surface area contributed by atoms with Crippen LogP contribution in [0.15, 0.2) is 36.7 Å². The number of ether oxygens (including phenoxy) is 1. The van der Waals surface area contributed by atoms with E-state index < -0.39 is 5.60 Å². The van der Waals surface area contributed by atoms with Gasteiger partial charge in [-0.15, -0.1) is 0 Å². The summed E-state index contributed by atoms with van der Waals surface area (Å²) in [6, 6.07) is 8.06. The molecule has 6 heteroatoms. The molecule has 0 saturated heterocycles. The van der Waals surface area contributed by atoms with E-state index in [0.717, 1.165) is 35.8 Å². The van der Waals surface area contributed by atoms with Gasteiger partial charge in [0, 0.05) is 18.8 Å². The monoisotopic (exact) mass is 371 g/mol. The van der Waals surface area contributed by atoms with Crippen LogP contribution in [0, 0.1) is 0 Å². The van der Waals surface area contributed by atoms with Gasteiger partial charge in [0.1, 0.15) is 11.9 Å². The molecule has 0 fully saturated rings. The molecule has 2 rings (SSSR count). The molecule has 2 aromatic rings. The number of hydrogen-bond acceptors (Lipinski definition) is 4. The number of carbonyl (C=O) groups excluding carboxylic acids is 2. The molecule has 1 atom stereocenters. The summed E-state index contributed by atoms with van der Waals surface area (Å²) in [6.07, 6.45) is 5.90. The van der Waals surface area contributed by atoms with Crippen LogP contribution in [0.3, 0.4) is 0 Å². The second kappa shape index (κ2) is 8.84. The molecule has 1 unspecified atom stereocenters. The molecule has 1 amide bonds. The van der Waals surface area contributed by atoms with Crippen molar-refractivity contribution in [3.63, 3.8) is 0 Å². The largest absolute Gasteiger partial charge is 0.444 e. The lowest BCUT2D eigenvalue weighted by Crippen LogP contribution is -2.36. The molecule has 0 N–H and O–H groups in total. The first kappa shape index (κ1) is 20.7. The lowest BCUT2D eigenvalue weighted by atomic mass is 9.98. The summed E-state index contributed by atoms with van der Waals surface area (Å²) in [4.78, 5) is 24.7. The lowest BCUT2D eigenvalue weighted by molar-refractivity contribution is -0.108. The third-order valence-corrected chi connectivity index (χ3v) is 4.23. The smallest absolute Gasteiger partial charge is 0.410 e. The predicted octanol–water partition coefficient (Wildman–Crippen LogP) is 4.46. The Balaban J connectivity index is 2.19. The van der Waals surface area contributed by atoms with Gasteiger partial charge in [-0.25, -0.2) is 4.79 Å². The van der Waals surface area contributed by atoms with E-state index in [-0.39, 0.29) is 18.7 Å². The number of amides is 1. The number of aldehydes is 1. The fourth-order valence-corrected chi connectivity index (χ4v) is 2.91. The number of benzene rings is 1. The number of aromatic nitrogens is 2. The first-order valence-corrected chi connectivity index (χ1v) is 9.27. The Morgan fingerprint density at radius 1 is 1.26 bits per heavy atom. The molecular weight excluding hydrogens is 342 g/mol. The molecule has 0 aliphatic carbocycles. The van der Waals surface area contributed by atoms with Crippen molar-refractivity contribution < 1.29 is 14.3 Å². The van der Waals surface area contributed by atoms with E-state index in [1.54, 1.807) is 22.8 Å². The second-order valence-corrected chi connectivity index (χ2v) is 7.64. The zero-order valence-electron chi connectivity index (χ0n) is 16.8. The SMILES string of the molecule is CCCC(c1ccc(-c2cnn(CC=O)c2)cc1)N(C)C(=O)OC(C)(C)C. The van der Waals surface area contributed by atoms with E-state index >= 15 is 0 Å². The molecule has 6 nitrogen and oxygen atoms in total. The molecule has 0 radical (unpaired) electrons. The van der Waals surface area contributed by atoms with E-state index in [0.29, 0.717) is 0 Å². The Kier molecular flexibility index (Phi) is 6.77. The Morgan fingerprint density at radius 3 is 2.48 bits per heavy atom. The van der Waals surface area contributed by atoms with Crippen LogP contribution in [-0.4, -0.2) is 39.7 Å². The molecule has 0 saturated carbocycles. The first-order chi connectivity index (χ1) is 12.7. The fourth-order valence-electron chi connectivity index (χ4n) is 2.91. The van der Waals surface area contributed by atoms with E-state index in [9.17, 15) is 9.59 Å². The van der Waals surface area contributed by atoms with Gasteiger partial charge < -0.3 is 14.4 Å². The highest BCUT2D eigenvalue weighted by Crippen LogP contribution is 2.28. The Morgan fingerprint density at radius 2 is 1.93 bits per heavy atom. The molecule has 27 heavy (non-hydrogen) atoms. The van der Waals surface area contributed by atoms with Crippen molar-refractivity contribution in [1.29, 1.82) is 0 Å². The summed E-state index contributed by atoms with van der Waals surface area (Å²) >= 11 is 0. The fraction of sp³-hybridized carbons (Fsp3) is 0.476. The molecule has 0 aliphatic rings. The average Bonchev–Trinajstić information content (AvgIpc) is 3.07. The minimum atomic E-state index is -0.520. The molecule has 1 aromatic carbocycles. The van der Waals surface area contributed by atoms with Crippen LogP contribution < -0.4 is 0 Å². The number of rotatable bonds is 7. The highest BCUT2D eigenvalue weighted by Gasteiger charge is 2.26. The van der Waals surface area contributed by atoms with E-state index in [4.69, 9.17) is 4.74 Å². The highest BCUT2D eigenvalue weighted by molar-refractivity contribution is 5.69. The molecule has 0 bridgehead atoms. The van der Waals surface area contributed by atoms with Gasteiger partial charge in [-0.2, -0.15) is 5.10 Å². The normalized spacial score (nSPS) is 12.5. The third-order valence-electron chi connectivity index (χ3n) is 4.23. The summed E-state index contributed by atoms with van der Waals surface area (Å²) in [5.41, 5.74) is 2.52. The van der Waals surface area contributed by atoms with Crippen molar-refractivity contribution in [3.05, 3.63) is 42.2 Å². The summed E-state index contributed by atoms with van der Waals surface area (Å²) < 4.78 is 7.12. The third kappa shape index (κ3) is 5.67. The maximum Gasteiger partial charge on any atom is 0.410 e. The molecule has 0 spiro atoms. The lowest BCUT2D eigenvalue weighted by Gasteiger charge is -2.31. The topological polar surface area (TPSA) is 64.4 Å². The maximum atomic E-state index is 12.5. The maximum absolute atomic E-state index is 12.5. The summed E-state index contributed by atoms with van der Waals surface area (Å²) in [5, 5.41) is 4.17. The number of carbonyl (C=O) groups is 2. The quantitative estimate of drug-likeness (QED) is 0.674. The van der Waals surface area contributed by atoms with Crippen LogP contribution >= 0.6 is 0 Å². The molecular formula is C21H29N3O3. The molecule has 146 valence electrons. The zero-order valence-corrected chi connectivity index (χ0v) is 16.8. The van der Waals surface area contributed by atoms with E-state index in [2.05, 4.69) is 12.0 Å². The predicted molar refractivity (Wildman–Crippen MR) is 105 cm³/mol. The van der Waals surface area contributed by atoms with Gasteiger partial charge in [0.05, 0.1) is 18.8 Å². The van der Waals surface area contributed by atoms with Crippen LogP contribution in [0.4, 0.5) is 4.79 Å². The number of hydrogen-bond donors (Lipinski definition) is 0. The zero-order chi connectivity index (χ0) is 20.0. The van der Waals surface area contributed by atoms with Crippen LogP contribution in [0.1, 0.15) is 52.1 Å². The molecule has 1 heterocycles. The first-order valence-electron chi connectivity index (χ1n) is 9.27. The van der Waals surface area contributed by atoms with Gasteiger partial charge in [-0.05, 0) is 38.3 Å². The van der Waals surface area contributed by atoms with Gasteiger partial charge in [0.25, 0.3) is 0 Å². The van der Waals surface area contributed by atoms with E-state index in [1.807, 2.05) is 51.2 Å². The molecule has 1 aromatic heterocycles. The van der Waals surface area contributed by atoms with Crippen molar-refractivity contribution in [3.8, 4) is 11.1 Å². The van der Waals surface area contributed by atoms with Crippen molar-refractivity contribution >= 4 is 12.4 Å². The minimum Gasteiger partial charge on any atom is -0.444 e. The van der Waals surface area contributed by atoms with Gasteiger partial charge in [-0.1, -0.05) is 37.6 Å². The van der Waals surface area contributed by atoms with Crippen molar-refractivity contribution in [2.45, 2.75) is 58.7 Å².